The number of anilines is 1. The molecule has 0 saturated carbocycles. The first kappa shape index (κ1) is 14.7. The molecule has 0 atom stereocenters. The van der Waals surface area contributed by atoms with Crippen molar-refractivity contribution in [2.75, 3.05) is 12.4 Å². The third kappa shape index (κ3) is 3.25. The summed E-state index contributed by atoms with van der Waals surface area (Å²) in [6.07, 6.45) is 2.04. The predicted octanol–water partition coefficient (Wildman–Crippen LogP) is 3.82. The molecule has 2 rings (SSSR count). The van der Waals surface area contributed by atoms with E-state index >= 15 is 0 Å². The predicted molar refractivity (Wildman–Crippen MR) is 82.6 cm³/mol. The maximum absolute atomic E-state index is 6.03. The number of aromatic nitrogens is 2. The number of aryl methyl sites for hydroxylation is 1. The zero-order valence-corrected chi connectivity index (χ0v) is 13.0. The highest BCUT2D eigenvalue weighted by molar-refractivity contribution is 6.30. The van der Waals surface area contributed by atoms with Crippen molar-refractivity contribution < 1.29 is 4.74 Å². The van der Waals surface area contributed by atoms with Crippen LogP contribution in [0.4, 0.5) is 5.69 Å². The summed E-state index contributed by atoms with van der Waals surface area (Å²) >= 11 is 6.03. The molecule has 0 fully saturated rings. The zero-order chi connectivity index (χ0) is 14.7. The SMILES string of the molecule is COc1ccc(Cl)cc1NCc1cn(C)nc1C(C)C. The summed E-state index contributed by atoms with van der Waals surface area (Å²) in [5, 5.41) is 8.55. The molecule has 0 spiro atoms. The molecule has 1 aromatic heterocycles. The van der Waals surface area contributed by atoms with Crippen LogP contribution in [0.2, 0.25) is 5.02 Å². The van der Waals surface area contributed by atoms with Crippen LogP contribution in [-0.2, 0) is 13.6 Å². The van der Waals surface area contributed by atoms with E-state index in [0.717, 1.165) is 17.1 Å². The van der Waals surface area contributed by atoms with Crippen molar-refractivity contribution >= 4 is 17.3 Å². The van der Waals surface area contributed by atoms with E-state index in [1.54, 1.807) is 7.11 Å². The van der Waals surface area contributed by atoms with Gasteiger partial charge in [0.25, 0.3) is 0 Å². The molecule has 0 unspecified atom stereocenters. The van der Waals surface area contributed by atoms with Gasteiger partial charge in [0.1, 0.15) is 5.75 Å². The third-order valence-corrected chi connectivity index (χ3v) is 3.35. The molecule has 0 bridgehead atoms. The number of hydrogen-bond donors (Lipinski definition) is 1. The molecule has 20 heavy (non-hydrogen) atoms. The fourth-order valence-electron chi connectivity index (χ4n) is 2.19. The molecular weight excluding hydrogens is 274 g/mol. The Morgan fingerprint density at radius 3 is 2.80 bits per heavy atom. The van der Waals surface area contributed by atoms with Crippen molar-refractivity contribution in [3.8, 4) is 5.75 Å². The fraction of sp³-hybridized carbons (Fsp3) is 0.400. The molecule has 5 heteroatoms. The Labute approximate surface area is 124 Å². The lowest BCUT2D eigenvalue weighted by molar-refractivity contribution is 0.416. The zero-order valence-electron chi connectivity index (χ0n) is 12.3. The van der Waals surface area contributed by atoms with Crippen LogP contribution in [0.25, 0.3) is 0 Å². The normalized spacial score (nSPS) is 10.9. The van der Waals surface area contributed by atoms with E-state index in [0.29, 0.717) is 17.5 Å². The number of benzene rings is 1. The maximum Gasteiger partial charge on any atom is 0.142 e. The van der Waals surface area contributed by atoms with Crippen LogP contribution in [0.15, 0.2) is 24.4 Å². The van der Waals surface area contributed by atoms with Gasteiger partial charge >= 0.3 is 0 Å². The van der Waals surface area contributed by atoms with Crippen molar-refractivity contribution in [2.45, 2.75) is 26.3 Å². The summed E-state index contributed by atoms with van der Waals surface area (Å²) < 4.78 is 7.18. The van der Waals surface area contributed by atoms with Crippen LogP contribution in [0.1, 0.15) is 31.0 Å². The Kier molecular flexibility index (Phi) is 4.55. The Morgan fingerprint density at radius 2 is 2.15 bits per heavy atom. The third-order valence-electron chi connectivity index (χ3n) is 3.11. The van der Waals surface area contributed by atoms with Crippen LogP contribution in [0.5, 0.6) is 5.75 Å². The number of nitrogens with zero attached hydrogens (tertiary/aromatic N) is 2. The first-order valence-corrected chi connectivity index (χ1v) is 6.99. The van der Waals surface area contributed by atoms with Crippen LogP contribution in [0.3, 0.4) is 0 Å². The topological polar surface area (TPSA) is 39.1 Å². The number of halogens is 1. The lowest BCUT2D eigenvalue weighted by Crippen LogP contribution is -2.04. The molecular formula is C15H20ClN3O. The highest BCUT2D eigenvalue weighted by atomic mass is 35.5. The minimum Gasteiger partial charge on any atom is -0.495 e. The largest absolute Gasteiger partial charge is 0.495 e. The van der Waals surface area contributed by atoms with Crippen molar-refractivity contribution in [3.63, 3.8) is 0 Å². The Hall–Kier alpha value is -1.68. The van der Waals surface area contributed by atoms with E-state index in [4.69, 9.17) is 16.3 Å². The number of ether oxygens (including phenoxy) is 1. The lowest BCUT2D eigenvalue weighted by Gasteiger charge is -2.12. The average molecular weight is 294 g/mol. The summed E-state index contributed by atoms with van der Waals surface area (Å²) in [7, 11) is 3.59. The Balaban J connectivity index is 2.18. The van der Waals surface area contributed by atoms with E-state index in [2.05, 4.69) is 24.3 Å². The fourth-order valence-corrected chi connectivity index (χ4v) is 2.36. The molecule has 108 valence electrons. The number of methoxy groups -OCH3 is 1. The quantitative estimate of drug-likeness (QED) is 0.911. The summed E-state index contributed by atoms with van der Waals surface area (Å²) in [4.78, 5) is 0. The number of rotatable bonds is 5. The molecule has 4 nitrogen and oxygen atoms in total. The van der Waals surface area contributed by atoms with Gasteiger partial charge in [0.15, 0.2) is 0 Å². The van der Waals surface area contributed by atoms with E-state index in [1.165, 1.54) is 5.56 Å². The first-order valence-electron chi connectivity index (χ1n) is 6.61. The monoisotopic (exact) mass is 293 g/mol. The van der Waals surface area contributed by atoms with E-state index in [-0.39, 0.29) is 0 Å². The van der Waals surface area contributed by atoms with E-state index in [9.17, 15) is 0 Å². The summed E-state index contributed by atoms with van der Waals surface area (Å²) in [6.45, 7) is 4.98. The highest BCUT2D eigenvalue weighted by Gasteiger charge is 2.12. The summed E-state index contributed by atoms with van der Waals surface area (Å²) in [5.74, 6) is 1.18. The van der Waals surface area contributed by atoms with E-state index < -0.39 is 0 Å². The van der Waals surface area contributed by atoms with Gasteiger partial charge in [-0.05, 0) is 24.1 Å². The van der Waals surface area contributed by atoms with Gasteiger partial charge in [-0.3, -0.25) is 4.68 Å². The van der Waals surface area contributed by atoms with Gasteiger partial charge in [0.05, 0.1) is 18.5 Å². The standard InChI is InChI=1S/C15H20ClN3O/c1-10(2)15-11(9-19(3)18-15)8-17-13-7-12(16)5-6-14(13)20-4/h5-7,9-10,17H,8H2,1-4H3. The van der Waals surface area contributed by atoms with Crippen molar-refractivity contribution in [1.29, 1.82) is 0 Å². The molecule has 0 amide bonds. The minimum absolute atomic E-state index is 0.397. The molecule has 0 saturated heterocycles. The molecule has 0 radical (unpaired) electrons. The van der Waals surface area contributed by atoms with Gasteiger partial charge in [0, 0.05) is 30.4 Å². The van der Waals surface area contributed by atoms with Crippen LogP contribution >= 0.6 is 11.6 Å². The first-order chi connectivity index (χ1) is 9.51. The summed E-state index contributed by atoms with van der Waals surface area (Å²) in [5.41, 5.74) is 3.18. The Bertz CT molecular complexity index is 593. The van der Waals surface area contributed by atoms with E-state index in [1.807, 2.05) is 36.1 Å². The number of hydrogen-bond acceptors (Lipinski definition) is 3. The highest BCUT2D eigenvalue weighted by Crippen LogP contribution is 2.28. The lowest BCUT2D eigenvalue weighted by atomic mass is 10.1. The van der Waals surface area contributed by atoms with Crippen molar-refractivity contribution in [3.05, 3.63) is 40.7 Å². The molecule has 0 aliphatic rings. The second kappa shape index (κ2) is 6.18. The van der Waals surface area contributed by atoms with Crippen LogP contribution < -0.4 is 10.1 Å². The molecule has 0 aliphatic carbocycles. The van der Waals surface area contributed by atoms with Gasteiger partial charge in [-0.1, -0.05) is 25.4 Å². The molecule has 2 aromatic rings. The second-order valence-electron chi connectivity index (χ2n) is 5.07. The van der Waals surface area contributed by atoms with Gasteiger partial charge in [0.2, 0.25) is 0 Å². The second-order valence-corrected chi connectivity index (χ2v) is 5.50. The van der Waals surface area contributed by atoms with Gasteiger partial charge in [-0.25, -0.2) is 0 Å². The van der Waals surface area contributed by atoms with Gasteiger partial charge in [-0.15, -0.1) is 0 Å². The Morgan fingerprint density at radius 1 is 1.40 bits per heavy atom. The van der Waals surface area contributed by atoms with Crippen LogP contribution in [-0.4, -0.2) is 16.9 Å². The molecule has 1 N–H and O–H groups in total. The maximum atomic E-state index is 6.03. The van der Waals surface area contributed by atoms with Gasteiger partial charge < -0.3 is 10.1 Å². The molecule has 0 aliphatic heterocycles. The van der Waals surface area contributed by atoms with Gasteiger partial charge in [-0.2, -0.15) is 5.10 Å². The van der Waals surface area contributed by atoms with Crippen molar-refractivity contribution in [2.24, 2.45) is 7.05 Å². The molecule has 1 heterocycles. The number of nitrogens with one attached hydrogen (secondary N) is 1. The smallest absolute Gasteiger partial charge is 0.142 e. The summed E-state index contributed by atoms with van der Waals surface area (Å²) in [6, 6.07) is 5.54. The average Bonchev–Trinajstić information content (AvgIpc) is 2.78. The van der Waals surface area contributed by atoms with Crippen molar-refractivity contribution in [1.82, 2.24) is 9.78 Å². The minimum atomic E-state index is 0.397. The molecule has 1 aromatic carbocycles. The van der Waals surface area contributed by atoms with Crippen LogP contribution in [0, 0.1) is 0 Å².